The first kappa shape index (κ1) is 15.2. The third-order valence-electron chi connectivity index (χ3n) is 3.08. The van der Waals surface area contributed by atoms with Gasteiger partial charge >= 0.3 is 0 Å². The van der Waals surface area contributed by atoms with Gasteiger partial charge in [0.15, 0.2) is 9.84 Å². The minimum atomic E-state index is -3.31. The zero-order chi connectivity index (χ0) is 15.3. The number of hydrogen-bond acceptors (Lipinski definition) is 4. The summed E-state index contributed by atoms with van der Waals surface area (Å²) in [6.45, 7) is 0. The van der Waals surface area contributed by atoms with Crippen LogP contribution in [0, 0.1) is 0 Å². The molecule has 0 radical (unpaired) electrons. The fraction of sp³-hybridized carbons (Fsp3) is 0.133. The number of carbonyl (C=O) groups is 1. The SMILES string of the molecule is O=C(NO)c1ccc(CCS(=O)(=O)c2ccccc2)cc1. The Bertz CT molecular complexity index is 709. The van der Waals surface area contributed by atoms with Crippen molar-refractivity contribution in [2.75, 3.05) is 5.75 Å². The predicted molar refractivity (Wildman–Crippen MR) is 77.9 cm³/mol. The van der Waals surface area contributed by atoms with E-state index in [-0.39, 0.29) is 5.75 Å². The lowest BCUT2D eigenvalue weighted by atomic mass is 10.1. The Morgan fingerprint density at radius 2 is 1.62 bits per heavy atom. The van der Waals surface area contributed by atoms with Gasteiger partial charge in [0.05, 0.1) is 10.6 Å². The van der Waals surface area contributed by atoms with Crippen LogP contribution in [0.5, 0.6) is 0 Å². The van der Waals surface area contributed by atoms with Gasteiger partial charge in [-0.2, -0.15) is 0 Å². The molecule has 0 saturated carbocycles. The summed E-state index contributed by atoms with van der Waals surface area (Å²) in [4.78, 5) is 11.5. The lowest BCUT2D eigenvalue weighted by molar-refractivity contribution is 0.0706. The summed E-state index contributed by atoms with van der Waals surface area (Å²) in [6, 6.07) is 14.7. The minimum absolute atomic E-state index is 0.00254. The minimum Gasteiger partial charge on any atom is -0.288 e. The van der Waals surface area contributed by atoms with Gasteiger partial charge in [-0.3, -0.25) is 10.0 Å². The van der Waals surface area contributed by atoms with Crippen LogP contribution in [0.1, 0.15) is 15.9 Å². The highest BCUT2D eigenvalue weighted by atomic mass is 32.2. The van der Waals surface area contributed by atoms with Crippen molar-refractivity contribution in [2.24, 2.45) is 0 Å². The summed E-state index contributed by atoms with van der Waals surface area (Å²) in [5, 5.41) is 8.51. The van der Waals surface area contributed by atoms with Crippen LogP contribution in [0.4, 0.5) is 0 Å². The average molecular weight is 305 g/mol. The van der Waals surface area contributed by atoms with Crippen molar-refractivity contribution < 1.29 is 18.4 Å². The van der Waals surface area contributed by atoms with Gasteiger partial charge in [0, 0.05) is 5.56 Å². The molecular weight excluding hydrogens is 290 g/mol. The first-order valence-corrected chi connectivity index (χ1v) is 7.99. The molecule has 0 saturated heterocycles. The molecular formula is C15H15NO4S. The van der Waals surface area contributed by atoms with Crippen LogP contribution in [0.2, 0.25) is 0 Å². The summed E-state index contributed by atoms with van der Waals surface area (Å²) in [5.74, 6) is -0.596. The van der Waals surface area contributed by atoms with E-state index >= 15 is 0 Å². The molecule has 21 heavy (non-hydrogen) atoms. The van der Waals surface area contributed by atoms with E-state index in [9.17, 15) is 13.2 Å². The molecule has 2 rings (SSSR count). The van der Waals surface area contributed by atoms with E-state index in [1.54, 1.807) is 47.9 Å². The second kappa shape index (κ2) is 6.51. The lowest BCUT2D eigenvalue weighted by Gasteiger charge is -2.05. The van der Waals surface area contributed by atoms with E-state index in [1.165, 1.54) is 12.1 Å². The molecule has 0 aliphatic heterocycles. The van der Waals surface area contributed by atoms with Crippen molar-refractivity contribution in [2.45, 2.75) is 11.3 Å². The molecule has 0 unspecified atom stereocenters. The molecule has 2 N–H and O–H groups in total. The van der Waals surface area contributed by atoms with Gasteiger partial charge < -0.3 is 0 Å². The van der Waals surface area contributed by atoms with Crippen molar-refractivity contribution in [1.29, 1.82) is 0 Å². The van der Waals surface area contributed by atoms with Gasteiger partial charge in [0.1, 0.15) is 0 Å². The molecule has 0 aliphatic carbocycles. The van der Waals surface area contributed by atoms with Crippen molar-refractivity contribution in [3.63, 3.8) is 0 Å². The molecule has 2 aromatic rings. The van der Waals surface area contributed by atoms with Crippen molar-refractivity contribution in [3.8, 4) is 0 Å². The number of rotatable bonds is 5. The Hall–Kier alpha value is -2.18. The van der Waals surface area contributed by atoms with Gasteiger partial charge in [-0.25, -0.2) is 13.9 Å². The van der Waals surface area contributed by atoms with E-state index in [0.29, 0.717) is 16.9 Å². The quantitative estimate of drug-likeness (QED) is 0.652. The number of carbonyl (C=O) groups excluding carboxylic acids is 1. The average Bonchev–Trinajstić information content (AvgIpc) is 2.53. The van der Waals surface area contributed by atoms with Gasteiger partial charge in [0.25, 0.3) is 5.91 Å². The molecule has 6 heteroatoms. The third-order valence-corrected chi connectivity index (χ3v) is 4.81. The Balaban J connectivity index is 2.05. The fourth-order valence-electron chi connectivity index (χ4n) is 1.89. The van der Waals surface area contributed by atoms with Crippen LogP contribution < -0.4 is 5.48 Å². The highest BCUT2D eigenvalue weighted by molar-refractivity contribution is 7.91. The molecule has 0 fully saturated rings. The van der Waals surface area contributed by atoms with Crippen LogP contribution in [0.25, 0.3) is 0 Å². The molecule has 0 heterocycles. The Labute approximate surface area is 123 Å². The molecule has 1 amide bonds. The topological polar surface area (TPSA) is 83.5 Å². The number of nitrogens with one attached hydrogen (secondary N) is 1. The molecule has 0 bridgehead atoms. The number of benzene rings is 2. The molecule has 0 spiro atoms. The Morgan fingerprint density at radius 3 is 2.19 bits per heavy atom. The maximum absolute atomic E-state index is 12.1. The maximum atomic E-state index is 12.1. The van der Waals surface area contributed by atoms with E-state index in [1.807, 2.05) is 0 Å². The van der Waals surface area contributed by atoms with Crippen molar-refractivity contribution in [1.82, 2.24) is 5.48 Å². The van der Waals surface area contributed by atoms with E-state index in [2.05, 4.69) is 0 Å². The number of hydroxylamine groups is 1. The van der Waals surface area contributed by atoms with Gasteiger partial charge in [-0.15, -0.1) is 0 Å². The van der Waals surface area contributed by atoms with E-state index in [0.717, 1.165) is 5.56 Å². The summed E-state index contributed by atoms with van der Waals surface area (Å²) in [7, 11) is -3.31. The number of hydrogen-bond donors (Lipinski definition) is 2. The number of amides is 1. The summed E-state index contributed by atoms with van der Waals surface area (Å²) >= 11 is 0. The van der Waals surface area contributed by atoms with Crippen LogP contribution in [-0.4, -0.2) is 25.3 Å². The molecule has 110 valence electrons. The first-order valence-electron chi connectivity index (χ1n) is 6.34. The predicted octanol–water partition coefficient (Wildman–Crippen LogP) is 1.82. The zero-order valence-electron chi connectivity index (χ0n) is 11.2. The highest BCUT2D eigenvalue weighted by Crippen LogP contribution is 2.13. The summed E-state index contributed by atoms with van der Waals surface area (Å²) < 4.78 is 24.3. The molecule has 5 nitrogen and oxygen atoms in total. The zero-order valence-corrected chi connectivity index (χ0v) is 12.0. The Morgan fingerprint density at radius 1 is 1.00 bits per heavy atom. The van der Waals surface area contributed by atoms with E-state index in [4.69, 9.17) is 5.21 Å². The smallest absolute Gasteiger partial charge is 0.274 e. The number of aryl methyl sites for hydroxylation is 1. The highest BCUT2D eigenvalue weighted by Gasteiger charge is 2.13. The maximum Gasteiger partial charge on any atom is 0.274 e. The molecule has 0 aliphatic rings. The third kappa shape index (κ3) is 3.90. The standard InChI is InChI=1S/C15H15NO4S/c17-15(16-18)13-8-6-12(7-9-13)10-11-21(19,20)14-4-2-1-3-5-14/h1-9,18H,10-11H2,(H,16,17). The van der Waals surface area contributed by atoms with Gasteiger partial charge in [-0.05, 0) is 36.2 Å². The molecule has 0 aromatic heterocycles. The van der Waals surface area contributed by atoms with Crippen LogP contribution in [0.15, 0.2) is 59.5 Å². The Kier molecular flexibility index (Phi) is 4.72. The second-order valence-corrected chi connectivity index (χ2v) is 6.63. The van der Waals surface area contributed by atoms with Crippen molar-refractivity contribution >= 4 is 15.7 Å². The lowest BCUT2D eigenvalue weighted by Crippen LogP contribution is -2.18. The van der Waals surface area contributed by atoms with Gasteiger partial charge in [-0.1, -0.05) is 30.3 Å². The van der Waals surface area contributed by atoms with E-state index < -0.39 is 15.7 Å². The normalized spacial score (nSPS) is 11.1. The summed E-state index contributed by atoms with van der Waals surface area (Å²) in [6.07, 6.45) is 0.359. The molecule has 0 atom stereocenters. The van der Waals surface area contributed by atoms with Crippen LogP contribution in [-0.2, 0) is 16.3 Å². The number of sulfone groups is 1. The molecule has 2 aromatic carbocycles. The fourth-order valence-corrected chi connectivity index (χ4v) is 3.20. The monoisotopic (exact) mass is 305 g/mol. The van der Waals surface area contributed by atoms with Gasteiger partial charge in [0.2, 0.25) is 0 Å². The van der Waals surface area contributed by atoms with Crippen LogP contribution in [0.3, 0.4) is 0 Å². The largest absolute Gasteiger partial charge is 0.288 e. The van der Waals surface area contributed by atoms with Crippen molar-refractivity contribution in [3.05, 3.63) is 65.7 Å². The second-order valence-electron chi connectivity index (χ2n) is 4.52. The summed E-state index contributed by atoms with van der Waals surface area (Å²) in [5.41, 5.74) is 2.67. The first-order chi connectivity index (χ1) is 10.0. The van der Waals surface area contributed by atoms with Crippen LogP contribution >= 0.6 is 0 Å².